The fourth-order valence-corrected chi connectivity index (χ4v) is 1.00. The Labute approximate surface area is 83.1 Å². The minimum absolute atomic E-state index is 0.112. The molecule has 0 heterocycles. The third-order valence-electron chi connectivity index (χ3n) is 1.68. The first-order chi connectivity index (χ1) is 6.83. The molecule has 1 amide bonds. The molecule has 74 valence electrons. The van der Waals surface area contributed by atoms with Gasteiger partial charge in [0, 0.05) is 12.6 Å². The molecule has 1 aromatic carbocycles. The average Bonchev–Trinajstić information content (AvgIpc) is 2.25. The van der Waals surface area contributed by atoms with Gasteiger partial charge in [0.05, 0.1) is 6.61 Å². The molecule has 0 bridgehead atoms. The van der Waals surface area contributed by atoms with E-state index >= 15 is 0 Å². The normalized spacial score (nSPS) is 10.4. The molecule has 0 fully saturated rings. The number of aliphatic hydroxyl groups excluding tert-OH is 1. The van der Waals surface area contributed by atoms with E-state index < -0.39 is 0 Å². The van der Waals surface area contributed by atoms with Crippen molar-refractivity contribution in [3.8, 4) is 0 Å². The van der Waals surface area contributed by atoms with Gasteiger partial charge in [-0.15, -0.1) is 0 Å². The molecule has 0 aliphatic carbocycles. The van der Waals surface area contributed by atoms with Crippen molar-refractivity contribution in [3.63, 3.8) is 0 Å². The standard InChI is InChI=1S/C11H13NO2/c13-8-4-7-11(14)12-9-10-5-2-1-3-6-10/h1-7,13H,8-9H2,(H,12,14)/b7-4+. The van der Waals surface area contributed by atoms with Crippen molar-refractivity contribution in [2.24, 2.45) is 0 Å². The molecule has 0 saturated heterocycles. The Morgan fingerprint density at radius 1 is 1.36 bits per heavy atom. The van der Waals surface area contributed by atoms with Crippen molar-refractivity contribution in [2.45, 2.75) is 6.54 Å². The maximum absolute atomic E-state index is 11.1. The third-order valence-corrected chi connectivity index (χ3v) is 1.68. The van der Waals surface area contributed by atoms with Crippen LogP contribution in [-0.2, 0) is 11.3 Å². The predicted molar refractivity (Wildman–Crippen MR) is 54.5 cm³/mol. The quantitative estimate of drug-likeness (QED) is 0.693. The number of nitrogens with one attached hydrogen (secondary N) is 1. The first kappa shape index (κ1) is 10.5. The van der Waals surface area contributed by atoms with Gasteiger partial charge in [-0.1, -0.05) is 36.4 Å². The van der Waals surface area contributed by atoms with Crippen molar-refractivity contribution in [3.05, 3.63) is 48.0 Å². The Bertz CT molecular complexity index is 306. The summed E-state index contributed by atoms with van der Waals surface area (Å²) >= 11 is 0. The summed E-state index contributed by atoms with van der Waals surface area (Å²) in [5.41, 5.74) is 1.05. The molecule has 0 atom stereocenters. The number of rotatable bonds is 4. The fourth-order valence-electron chi connectivity index (χ4n) is 1.00. The molecule has 2 N–H and O–H groups in total. The smallest absolute Gasteiger partial charge is 0.244 e. The predicted octanol–water partition coefficient (Wildman–Crippen LogP) is 0.851. The molecular weight excluding hydrogens is 178 g/mol. The monoisotopic (exact) mass is 191 g/mol. The fraction of sp³-hybridized carbons (Fsp3) is 0.182. The van der Waals surface area contributed by atoms with Crippen molar-refractivity contribution in [1.29, 1.82) is 0 Å². The molecule has 0 aliphatic heterocycles. The molecule has 3 nitrogen and oxygen atoms in total. The van der Waals surface area contributed by atoms with E-state index in [-0.39, 0.29) is 12.5 Å². The zero-order chi connectivity index (χ0) is 10.2. The summed E-state index contributed by atoms with van der Waals surface area (Å²) < 4.78 is 0. The van der Waals surface area contributed by atoms with Crippen LogP contribution in [0.5, 0.6) is 0 Å². The molecule has 0 unspecified atom stereocenters. The van der Waals surface area contributed by atoms with Crippen LogP contribution < -0.4 is 5.32 Å². The zero-order valence-electron chi connectivity index (χ0n) is 7.81. The third kappa shape index (κ3) is 3.87. The van der Waals surface area contributed by atoms with Crippen molar-refractivity contribution in [1.82, 2.24) is 5.32 Å². The highest BCUT2D eigenvalue weighted by molar-refractivity contribution is 5.87. The first-order valence-corrected chi connectivity index (χ1v) is 4.42. The first-order valence-electron chi connectivity index (χ1n) is 4.42. The van der Waals surface area contributed by atoms with Crippen LogP contribution in [0.15, 0.2) is 42.5 Å². The SMILES string of the molecule is O=C(/C=C/CO)NCc1ccccc1. The second-order valence-corrected chi connectivity index (χ2v) is 2.79. The Morgan fingerprint density at radius 2 is 2.07 bits per heavy atom. The summed E-state index contributed by atoms with van der Waals surface area (Å²) in [5.74, 6) is -0.192. The van der Waals surface area contributed by atoms with Gasteiger partial charge in [-0.05, 0) is 5.56 Å². The molecule has 0 spiro atoms. The van der Waals surface area contributed by atoms with E-state index in [1.165, 1.54) is 12.2 Å². The van der Waals surface area contributed by atoms with Crippen LogP contribution in [0.2, 0.25) is 0 Å². The van der Waals surface area contributed by atoms with E-state index in [2.05, 4.69) is 5.32 Å². The number of aliphatic hydroxyl groups is 1. The van der Waals surface area contributed by atoms with Crippen LogP contribution >= 0.6 is 0 Å². The molecule has 0 radical (unpaired) electrons. The zero-order valence-corrected chi connectivity index (χ0v) is 7.81. The number of hydrogen-bond acceptors (Lipinski definition) is 2. The lowest BCUT2D eigenvalue weighted by Gasteiger charge is -2.01. The number of benzene rings is 1. The number of carbonyl (C=O) groups excluding carboxylic acids is 1. The van der Waals surface area contributed by atoms with Gasteiger partial charge in [-0.25, -0.2) is 0 Å². The maximum atomic E-state index is 11.1. The van der Waals surface area contributed by atoms with Gasteiger partial charge in [0.2, 0.25) is 5.91 Å². The van der Waals surface area contributed by atoms with Crippen LogP contribution in [0, 0.1) is 0 Å². The number of hydrogen-bond donors (Lipinski definition) is 2. The van der Waals surface area contributed by atoms with E-state index in [0.717, 1.165) is 5.56 Å². The second-order valence-electron chi connectivity index (χ2n) is 2.79. The summed E-state index contributed by atoms with van der Waals surface area (Å²) in [4.78, 5) is 11.1. The molecule has 14 heavy (non-hydrogen) atoms. The van der Waals surface area contributed by atoms with Gasteiger partial charge in [-0.2, -0.15) is 0 Å². The van der Waals surface area contributed by atoms with Crippen LogP contribution in [-0.4, -0.2) is 17.6 Å². The number of carbonyl (C=O) groups is 1. The highest BCUT2D eigenvalue weighted by atomic mass is 16.2. The van der Waals surface area contributed by atoms with Gasteiger partial charge < -0.3 is 10.4 Å². The summed E-state index contributed by atoms with van der Waals surface area (Å²) in [6, 6.07) is 9.65. The average molecular weight is 191 g/mol. The Hall–Kier alpha value is -1.61. The minimum atomic E-state index is -0.192. The van der Waals surface area contributed by atoms with E-state index in [1.54, 1.807) is 0 Å². The van der Waals surface area contributed by atoms with Crippen molar-refractivity contribution >= 4 is 5.91 Å². The van der Waals surface area contributed by atoms with Crippen molar-refractivity contribution < 1.29 is 9.90 Å². The molecule has 0 aromatic heterocycles. The molecule has 1 rings (SSSR count). The highest BCUT2D eigenvalue weighted by Gasteiger charge is 1.94. The van der Waals surface area contributed by atoms with E-state index in [0.29, 0.717) is 6.54 Å². The van der Waals surface area contributed by atoms with Crippen LogP contribution in [0.4, 0.5) is 0 Å². The Kier molecular flexibility index (Phi) is 4.44. The number of amides is 1. The Morgan fingerprint density at radius 3 is 2.71 bits per heavy atom. The topological polar surface area (TPSA) is 49.3 Å². The Balaban J connectivity index is 2.34. The van der Waals surface area contributed by atoms with E-state index in [9.17, 15) is 4.79 Å². The molecule has 3 heteroatoms. The maximum Gasteiger partial charge on any atom is 0.244 e. The molecule has 0 saturated carbocycles. The molecule has 0 aliphatic rings. The van der Waals surface area contributed by atoms with Gasteiger partial charge in [0.15, 0.2) is 0 Å². The van der Waals surface area contributed by atoms with E-state index in [4.69, 9.17) is 5.11 Å². The van der Waals surface area contributed by atoms with Crippen molar-refractivity contribution in [2.75, 3.05) is 6.61 Å². The minimum Gasteiger partial charge on any atom is -0.392 e. The van der Waals surface area contributed by atoms with Crippen LogP contribution in [0.1, 0.15) is 5.56 Å². The molecular formula is C11H13NO2. The lowest BCUT2D eigenvalue weighted by molar-refractivity contribution is -0.116. The van der Waals surface area contributed by atoms with Gasteiger partial charge in [0.1, 0.15) is 0 Å². The summed E-state index contributed by atoms with van der Waals surface area (Å²) in [5, 5.41) is 11.1. The lowest BCUT2D eigenvalue weighted by atomic mass is 10.2. The molecule has 1 aromatic rings. The van der Waals surface area contributed by atoms with Gasteiger partial charge in [-0.3, -0.25) is 4.79 Å². The van der Waals surface area contributed by atoms with Crippen LogP contribution in [0.25, 0.3) is 0 Å². The summed E-state index contributed by atoms with van der Waals surface area (Å²) in [6.07, 6.45) is 2.73. The summed E-state index contributed by atoms with van der Waals surface area (Å²) in [6.45, 7) is 0.397. The highest BCUT2D eigenvalue weighted by Crippen LogP contribution is 1.96. The van der Waals surface area contributed by atoms with Crippen LogP contribution in [0.3, 0.4) is 0 Å². The lowest BCUT2D eigenvalue weighted by Crippen LogP contribution is -2.20. The second kappa shape index (κ2) is 5.94. The van der Waals surface area contributed by atoms with E-state index in [1.807, 2.05) is 30.3 Å². The largest absolute Gasteiger partial charge is 0.392 e. The van der Waals surface area contributed by atoms with Gasteiger partial charge in [0.25, 0.3) is 0 Å². The summed E-state index contributed by atoms with van der Waals surface area (Å²) in [7, 11) is 0. The van der Waals surface area contributed by atoms with Gasteiger partial charge >= 0.3 is 0 Å².